The molecule has 1 fully saturated rings. The summed E-state index contributed by atoms with van der Waals surface area (Å²) in [6, 6.07) is 4.39. The van der Waals surface area contributed by atoms with Crippen molar-refractivity contribution in [2.45, 2.75) is 25.7 Å². The molecular formula is C15H25NO2S. The second kappa shape index (κ2) is 8.00. The van der Waals surface area contributed by atoms with E-state index in [2.05, 4.69) is 22.8 Å². The van der Waals surface area contributed by atoms with E-state index in [0.29, 0.717) is 5.41 Å². The molecule has 0 spiro atoms. The van der Waals surface area contributed by atoms with Crippen molar-refractivity contribution in [1.82, 2.24) is 5.32 Å². The molecular weight excluding hydrogens is 258 g/mol. The second-order valence-electron chi connectivity index (χ2n) is 5.36. The highest BCUT2D eigenvalue weighted by Gasteiger charge is 2.31. The fraction of sp³-hybridized carbons (Fsp3) is 0.733. The van der Waals surface area contributed by atoms with Crippen LogP contribution >= 0.6 is 11.3 Å². The van der Waals surface area contributed by atoms with Crippen LogP contribution in [0.25, 0.3) is 0 Å². The number of rotatable bonds is 8. The van der Waals surface area contributed by atoms with Gasteiger partial charge in [0.1, 0.15) is 0 Å². The third-order valence-corrected chi connectivity index (χ3v) is 4.95. The maximum absolute atomic E-state index is 5.54. The van der Waals surface area contributed by atoms with Crippen LogP contribution in [0.3, 0.4) is 0 Å². The van der Waals surface area contributed by atoms with E-state index in [1.165, 1.54) is 30.6 Å². The van der Waals surface area contributed by atoms with E-state index in [9.17, 15) is 0 Å². The van der Waals surface area contributed by atoms with E-state index in [1.54, 1.807) is 7.11 Å². The minimum atomic E-state index is 0.413. The molecule has 0 unspecified atom stereocenters. The average molecular weight is 283 g/mol. The number of hydrogen-bond donors (Lipinski definition) is 1. The van der Waals surface area contributed by atoms with Gasteiger partial charge in [0.2, 0.25) is 0 Å². The lowest BCUT2D eigenvalue weighted by Gasteiger charge is -2.37. The predicted octanol–water partition coefficient (Wildman–Crippen LogP) is 2.71. The fourth-order valence-electron chi connectivity index (χ4n) is 2.69. The highest BCUT2D eigenvalue weighted by Crippen LogP contribution is 2.35. The third kappa shape index (κ3) is 4.88. The van der Waals surface area contributed by atoms with Crippen molar-refractivity contribution < 1.29 is 9.47 Å². The lowest BCUT2D eigenvalue weighted by molar-refractivity contribution is 0.0101. The standard InChI is InChI=1S/C15H25NO2S/c1-17-11-8-16-13-15(6-9-18-10-7-15)5-4-14-3-2-12-19-14/h2-3,12,16H,4-11,13H2,1H3. The fourth-order valence-corrected chi connectivity index (χ4v) is 3.40. The number of aryl methyl sites for hydroxylation is 1. The Morgan fingerprint density at radius 1 is 1.42 bits per heavy atom. The lowest BCUT2D eigenvalue weighted by atomic mass is 9.76. The van der Waals surface area contributed by atoms with Crippen molar-refractivity contribution >= 4 is 11.3 Å². The molecule has 4 heteroatoms. The Hall–Kier alpha value is -0.420. The second-order valence-corrected chi connectivity index (χ2v) is 6.39. The molecule has 1 aliphatic rings. The first-order chi connectivity index (χ1) is 9.35. The number of methoxy groups -OCH3 is 1. The predicted molar refractivity (Wildman–Crippen MR) is 79.9 cm³/mol. The molecule has 0 bridgehead atoms. The molecule has 1 aromatic heterocycles. The Balaban J connectivity index is 1.82. The van der Waals surface area contributed by atoms with Crippen molar-refractivity contribution in [3.63, 3.8) is 0 Å². The maximum atomic E-state index is 5.54. The molecule has 0 atom stereocenters. The Morgan fingerprint density at radius 2 is 2.26 bits per heavy atom. The van der Waals surface area contributed by atoms with E-state index < -0.39 is 0 Å². The smallest absolute Gasteiger partial charge is 0.0587 e. The van der Waals surface area contributed by atoms with Gasteiger partial charge >= 0.3 is 0 Å². The van der Waals surface area contributed by atoms with Crippen LogP contribution in [0.5, 0.6) is 0 Å². The van der Waals surface area contributed by atoms with Crippen molar-refractivity contribution in [2.75, 3.05) is 40.0 Å². The molecule has 0 aromatic carbocycles. The molecule has 0 saturated carbocycles. The summed E-state index contributed by atoms with van der Waals surface area (Å²) in [6.45, 7) is 4.65. The Bertz CT molecular complexity index is 334. The summed E-state index contributed by atoms with van der Waals surface area (Å²) in [7, 11) is 1.75. The molecule has 1 aliphatic heterocycles. The SMILES string of the molecule is COCCNCC1(CCc2cccs2)CCOCC1. The molecule has 2 heterocycles. The summed E-state index contributed by atoms with van der Waals surface area (Å²) >= 11 is 1.87. The Kier molecular flexibility index (Phi) is 6.31. The first-order valence-electron chi connectivity index (χ1n) is 7.14. The summed E-state index contributed by atoms with van der Waals surface area (Å²) in [5, 5.41) is 5.72. The summed E-state index contributed by atoms with van der Waals surface area (Å²) < 4.78 is 10.6. The van der Waals surface area contributed by atoms with Gasteiger partial charge in [0.15, 0.2) is 0 Å². The van der Waals surface area contributed by atoms with Gasteiger partial charge in [-0.15, -0.1) is 11.3 Å². The molecule has 0 radical (unpaired) electrons. The average Bonchev–Trinajstić information content (AvgIpc) is 2.96. The van der Waals surface area contributed by atoms with Crippen LogP contribution in [0.1, 0.15) is 24.1 Å². The highest BCUT2D eigenvalue weighted by atomic mass is 32.1. The minimum Gasteiger partial charge on any atom is -0.383 e. The Morgan fingerprint density at radius 3 is 2.95 bits per heavy atom. The van der Waals surface area contributed by atoms with Crippen molar-refractivity contribution in [3.8, 4) is 0 Å². The molecule has 19 heavy (non-hydrogen) atoms. The summed E-state index contributed by atoms with van der Waals surface area (Å²) in [5.41, 5.74) is 0.413. The van der Waals surface area contributed by atoms with Crippen LogP contribution in [0.4, 0.5) is 0 Å². The lowest BCUT2D eigenvalue weighted by Crippen LogP contribution is -2.40. The van der Waals surface area contributed by atoms with Gasteiger partial charge in [0.05, 0.1) is 6.61 Å². The normalized spacial score (nSPS) is 18.6. The minimum absolute atomic E-state index is 0.413. The molecule has 3 nitrogen and oxygen atoms in total. The molecule has 1 saturated heterocycles. The van der Waals surface area contributed by atoms with Gasteiger partial charge in [-0.1, -0.05) is 6.07 Å². The van der Waals surface area contributed by atoms with E-state index in [-0.39, 0.29) is 0 Å². The van der Waals surface area contributed by atoms with Crippen LogP contribution in [-0.2, 0) is 15.9 Å². The molecule has 1 aromatic rings. The third-order valence-electron chi connectivity index (χ3n) is 4.02. The zero-order chi connectivity index (χ0) is 13.4. The van der Waals surface area contributed by atoms with Gasteiger partial charge in [-0.3, -0.25) is 0 Å². The topological polar surface area (TPSA) is 30.5 Å². The van der Waals surface area contributed by atoms with Crippen LogP contribution in [0.2, 0.25) is 0 Å². The van der Waals surface area contributed by atoms with Crippen LogP contribution < -0.4 is 5.32 Å². The number of thiophene rings is 1. The quantitative estimate of drug-likeness (QED) is 0.744. The van der Waals surface area contributed by atoms with E-state index >= 15 is 0 Å². The van der Waals surface area contributed by atoms with Crippen molar-refractivity contribution in [1.29, 1.82) is 0 Å². The van der Waals surface area contributed by atoms with Gasteiger partial charge < -0.3 is 14.8 Å². The van der Waals surface area contributed by atoms with Gasteiger partial charge in [0.25, 0.3) is 0 Å². The monoisotopic (exact) mass is 283 g/mol. The largest absolute Gasteiger partial charge is 0.383 e. The molecule has 0 amide bonds. The van der Waals surface area contributed by atoms with Crippen LogP contribution in [-0.4, -0.2) is 40.0 Å². The zero-order valence-corrected chi connectivity index (χ0v) is 12.6. The zero-order valence-electron chi connectivity index (χ0n) is 11.8. The van der Waals surface area contributed by atoms with E-state index in [4.69, 9.17) is 9.47 Å². The molecule has 0 aliphatic carbocycles. The summed E-state index contributed by atoms with van der Waals surface area (Å²) in [4.78, 5) is 1.50. The summed E-state index contributed by atoms with van der Waals surface area (Å²) in [5.74, 6) is 0. The number of hydrogen-bond acceptors (Lipinski definition) is 4. The molecule has 1 N–H and O–H groups in total. The van der Waals surface area contributed by atoms with Gasteiger partial charge in [-0.25, -0.2) is 0 Å². The summed E-state index contributed by atoms with van der Waals surface area (Å²) in [6.07, 6.45) is 4.82. The molecule has 108 valence electrons. The Labute approximate surface area is 120 Å². The number of nitrogens with one attached hydrogen (secondary N) is 1. The highest BCUT2D eigenvalue weighted by molar-refractivity contribution is 7.09. The van der Waals surface area contributed by atoms with E-state index in [1.807, 2.05) is 11.3 Å². The molecule has 2 rings (SSSR count). The van der Waals surface area contributed by atoms with Crippen LogP contribution in [0, 0.1) is 5.41 Å². The van der Waals surface area contributed by atoms with E-state index in [0.717, 1.165) is 32.9 Å². The van der Waals surface area contributed by atoms with Crippen molar-refractivity contribution in [2.24, 2.45) is 5.41 Å². The van der Waals surface area contributed by atoms with Crippen molar-refractivity contribution in [3.05, 3.63) is 22.4 Å². The maximum Gasteiger partial charge on any atom is 0.0587 e. The van der Waals surface area contributed by atoms with Gasteiger partial charge in [-0.05, 0) is 42.5 Å². The first-order valence-corrected chi connectivity index (χ1v) is 8.02. The number of ether oxygens (including phenoxy) is 2. The first kappa shape index (κ1) is 15.0. The van der Waals surface area contributed by atoms with Crippen LogP contribution in [0.15, 0.2) is 17.5 Å². The van der Waals surface area contributed by atoms with Gasteiger partial charge in [-0.2, -0.15) is 0 Å². The van der Waals surface area contributed by atoms with Gasteiger partial charge in [0, 0.05) is 38.3 Å².